The van der Waals surface area contributed by atoms with Gasteiger partial charge in [0.2, 0.25) is 5.89 Å². The molecule has 164 valence electrons. The van der Waals surface area contributed by atoms with E-state index in [1.54, 1.807) is 0 Å². The van der Waals surface area contributed by atoms with Crippen molar-refractivity contribution in [1.29, 1.82) is 0 Å². The first kappa shape index (κ1) is 25.4. The summed E-state index contributed by atoms with van der Waals surface area (Å²) in [7, 11) is 4.03. The summed E-state index contributed by atoms with van der Waals surface area (Å²) in [5, 5.41) is 12.0. The number of aromatic nitrogens is 4. The fourth-order valence-corrected chi connectivity index (χ4v) is 2.98. The minimum atomic E-state index is 0. The number of hydrogen-bond acceptors (Lipinski definition) is 5. The third-order valence-electron chi connectivity index (χ3n) is 4.40. The van der Waals surface area contributed by atoms with Crippen LogP contribution in [0.3, 0.4) is 0 Å². The molecule has 0 radical (unpaired) electrons. The summed E-state index contributed by atoms with van der Waals surface area (Å²) in [6.45, 7) is 12.9. The van der Waals surface area contributed by atoms with Crippen LogP contribution in [0, 0.1) is 0 Å². The van der Waals surface area contributed by atoms with Crippen molar-refractivity contribution in [2.75, 3.05) is 20.1 Å². The standard InChI is InChI=1S/C20H35N7O.HI/c1-8-21-20(22-11-9-10-17-23-19(15(4)5)25-28-17)26(6)12-16-13-27(7)24-18(16)14(2)3;/h13-15H,8-12H2,1-7H3,(H,21,22);1H. The van der Waals surface area contributed by atoms with E-state index in [0.717, 1.165) is 43.4 Å². The van der Waals surface area contributed by atoms with Crippen molar-refractivity contribution < 1.29 is 4.52 Å². The van der Waals surface area contributed by atoms with E-state index in [2.05, 4.69) is 73.3 Å². The average Bonchev–Trinajstić information content (AvgIpc) is 3.24. The van der Waals surface area contributed by atoms with Gasteiger partial charge in [-0.05, 0) is 19.3 Å². The molecule has 0 amide bonds. The first-order valence-electron chi connectivity index (χ1n) is 10.2. The van der Waals surface area contributed by atoms with Crippen LogP contribution >= 0.6 is 24.0 Å². The summed E-state index contributed by atoms with van der Waals surface area (Å²) in [6.07, 6.45) is 3.70. The van der Waals surface area contributed by atoms with Crippen molar-refractivity contribution in [2.24, 2.45) is 12.0 Å². The number of guanidine groups is 1. The van der Waals surface area contributed by atoms with Gasteiger partial charge in [0.05, 0.1) is 5.69 Å². The fraction of sp³-hybridized carbons (Fsp3) is 0.700. The molecule has 0 saturated carbocycles. The first-order chi connectivity index (χ1) is 13.3. The van der Waals surface area contributed by atoms with E-state index in [-0.39, 0.29) is 29.9 Å². The highest BCUT2D eigenvalue weighted by atomic mass is 127. The van der Waals surface area contributed by atoms with Crippen LogP contribution in [0.5, 0.6) is 0 Å². The maximum atomic E-state index is 5.30. The molecule has 0 atom stereocenters. The van der Waals surface area contributed by atoms with Gasteiger partial charge in [-0.2, -0.15) is 10.1 Å². The quantitative estimate of drug-likeness (QED) is 0.236. The molecule has 0 fully saturated rings. The topological polar surface area (TPSA) is 84.4 Å². The lowest BCUT2D eigenvalue weighted by atomic mass is 10.1. The lowest BCUT2D eigenvalue weighted by Gasteiger charge is -2.22. The Bertz CT molecular complexity index is 767. The molecule has 2 rings (SSSR count). The summed E-state index contributed by atoms with van der Waals surface area (Å²) in [4.78, 5) is 11.3. The average molecular weight is 517 g/mol. The molecule has 0 spiro atoms. The van der Waals surface area contributed by atoms with Gasteiger partial charge < -0.3 is 14.7 Å². The van der Waals surface area contributed by atoms with Crippen molar-refractivity contribution in [3.05, 3.63) is 29.2 Å². The fourth-order valence-electron chi connectivity index (χ4n) is 2.98. The molecule has 0 aromatic carbocycles. The molecule has 0 unspecified atom stereocenters. The van der Waals surface area contributed by atoms with Gasteiger partial charge in [-0.3, -0.25) is 9.67 Å². The number of aliphatic imine (C=N–C) groups is 1. The molecule has 2 heterocycles. The molecule has 0 saturated heterocycles. The predicted octanol–water partition coefficient (Wildman–Crippen LogP) is 3.70. The predicted molar refractivity (Wildman–Crippen MR) is 127 cm³/mol. The Morgan fingerprint density at radius 1 is 1.28 bits per heavy atom. The smallest absolute Gasteiger partial charge is 0.226 e. The highest BCUT2D eigenvalue weighted by Crippen LogP contribution is 2.18. The summed E-state index contributed by atoms with van der Waals surface area (Å²) in [5.74, 6) is 3.04. The third kappa shape index (κ3) is 7.60. The summed E-state index contributed by atoms with van der Waals surface area (Å²) in [5.41, 5.74) is 2.38. The van der Waals surface area contributed by atoms with E-state index in [0.29, 0.717) is 18.4 Å². The van der Waals surface area contributed by atoms with Crippen molar-refractivity contribution in [3.63, 3.8) is 0 Å². The van der Waals surface area contributed by atoms with Crippen LogP contribution in [0.25, 0.3) is 0 Å². The molecule has 9 heteroatoms. The van der Waals surface area contributed by atoms with Gasteiger partial charge in [-0.25, -0.2) is 0 Å². The van der Waals surface area contributed by atoms with Crippen LogP contribution < -0.4 is 5.32 Å². The van der Waals surface area contributed by atoms with Crippen LogP contribution in [-0.2, 0) is 20.0 Å². The zero-order valence-electron chi connectivity index (χ0n) is 18.8. The van der Waals surface area contributed by atoms with Gasteiger partial charge in [-0.1, -0.05) is 32.9 Å². The molecule has 29 heavy (non-hydrogen) atoms. The molecule has 0 bridgehead atoms. The number of halogens is 1. The number of aryl methyl sites for hydroxylation is 2. The molecule has 0 aliphatic heterocycles. The first-order valence-corrected chi connectivity index (χ1v) is 10.2. The molecule has 8 nitrogen and oxygen atoms in total. The minimum Gasteiger partial charge on any atom is -0.357 e. The SMILES string of the molecule is CCNC(=NCCCc1nc(C(C)C)no1)N(C)Cc1cn(C)nc1C(C)C.I. The molecule has 2 aromatic heterocycles. The maximum Gasteiger partial charge on any atom is 0.226 e. The Morgan fingerprint density at radius 2 is 2.00 bits per heavy atom. The number of nitrogens with zero attached hydrogens (tertiary/aromatic N) is 6. The second-order valence-electron chi connectivity index (χ2n) is 7.76. The molecular formula is C20H36IN7O. The van der Waals surface area contributed by atoms with Gasteiger partial charge in [0.15, 0.2) is 11.8 Å². The monoisotopic (exact) mass is 517 g/mol. The minimum absolute atomic E-state index is 0. The van der Waals surface area contributed by atoms with Crippen LogP contribution in [0.4, 0.5) is 0 Å². The van der Waals surface area contributed by atoms with E-state index in [1.807, 2.05) is 11.7 Å². The van der Waals surface area contributed by atoms with Crippen LogP contribution in [0.15, 0.2) is 15.7 Å². The molecule has 2 aromatic rings. The third-order valence-corrected chi connectivity index (χ3v) is 4.40. The Kier molecular flexibility index (Phi) is 10.6. The number of hydrogen-bond donors (Lipinski definition) is 1. The normalized spacial score (nSPS) is 11.8. The molecule has 1 N–H and O–H groups in total. The number of rotatable bonds is 9. The lowest BCUT2D eigenvalue weighted by molar-refractivity contribution is 0.369. The van der Waals surface area contributed by atoms with Crippen molar-refractivity contribution in [3.8, 4) is 0 Å². The van der Waals surface area contributed by atoms with Crippen LogP contribution in [-0.4, -0.2) is 50.9 Å². The Morgan fingerprint density at radius 3 is 2.59 bits per heavy atom. The van der Waals surface area contributed by atoms with Crippen LogP contribution in [0.2, 0.25) is 0 Å². The van der Waals surface area contributed by atoms with Gasteiger partial charge >= 0.3 is 0 Å². The highest BCUT2D eigenvalue weighted by Gasteiger charge is 2.15. The van der Waals surface area contributed by atoms with Crippen LogP contribution in [0.1, 0.15) is 75.8 Å². The van der Waals surface area contributed by atoms with Crippen molar-refractivity contribution in [1.82, 2.24) is 30.1 Å². The highest BCUT2D eigenvalue weighted by molar-refractivity contribution is 14.0. The lowest BCUT2D eigenvalue weighted by Crippen LogP contribution is -2.38. The van der Waals surface area contributed by atoms with Crippen molar-refractivity contribution >= 4 is 29.9 Å². The zero-order chi connectivity index (χ0) is 20.7. The summed E-state index contributed by atoms with van der Waals surface area (Å²) in [6, 6.07) is 0. The largest absolute Gasteiger partial charge is 0.357 e. The van der Waals surface area contributed by atoms with Gasteiger partial charge in [-0.15, -0.1) is 24.0 Å². The zero-order valence-corrected chi connectivity index (χ0v) is 21.1. The van der Waals surface area contributed by atoms with E-state index >= 15 is 0 Å². The van der Waals surface area contributed by atoms with Crippen molar-refractivity contribution in [2.45, 2.75) is 65.8 Å². The number of nitrogens with one attached hydrogen (secondary N) is 1. The van der Waals surface area contributed by atoms with E-state index in [1.165, 1.54) is 5.56 Å². The van der Waals surface area contributed by atoms with E-state index in [9.17, 15) is 0 Å². The van der Waals surface area contributed by atoms with Gasteiger partial charge in [0, 0.05) is 57.8 Å². The Balaban J connectivity index is 0.00000420. The second kappa shape index (κ2) is 12.1. The summed E-state index contributed by atoms with van der Waals surface area (Å²) < 4.78 is 7.19. The van der Waals surface area contributed by atoms with Gasteiger partial charge in [0.1, 0.15) is 0 Å². The summed E-state index contributed by atoms with van der Waals surface area (Å²) >= 11 is 0. The van der Waals surface area contributed by atoms with E-state index in [4.69, 9.17) is 9.52 Å². The molecule has 0 aliphatic rings. The second-order valence-corrected chi connectivity index (χ2v) is 7.76. The molecule has 0 aliphatic carbocycles. The van der Waals surface area contributed by atoms with Gasteiger partial charge in [0.25, 0.3) is 0 Å². The Labute approximate surface area is 191 Å². The Hall–Kier alpha value is -1.65. The van der Waals surface area contributed by atoms with E-state index < -0.39 is 0 Å². The molecular weight excluding hydrogens is 481 g/mol. The maximum absolute atomic E-state index is 5.30.